The van der Waals surface area contributed by atoms with Crippen LogP contribution in [0.5, 0.6) is 0 Å². The Morgan fingerprint density at radius 1 is 0.643 bits per heavy atom. The minimum absolute atomic E-state index is 0.300. The summed E-state index contributed by atoms with van der Waals surface area (Å²) >= 11 is 0. The van der Waals surface area contributed by atoms with Gasteiger partial charge in [-0.1, -0.05) is 49.2 Å². The van der Waals surface area contributed by atoms with E-state index in [4.69, 9.17) is 0 Å². The quantitative estimate of drug-likeness (QED) is 0.387. The Balaban J connectivity index is 1.62. The van der Waals surface area contributed by atoms with Crippen molar-refractivity contribution in [3.8, 4) is 0 Å². The van der Waals surface area contributed by atoms with Crippen LogP contribution >= 0.6 is 0 Å². The van der Waals surface area contributed by atoms with E-state index in [0.717, 1.165) is 0 Å². The van der Waals surface area contributed by atoms with Crippen LogP contribution in [0.2, 0.25) is 0 Å². The zero-order chi connectivity index (χ0) is 18.7. The lowest BCUT2D eigenvalue weighted by Gasteiger charge is -2.46. The number of hydrogen-bond acceptors (Lipinski definition) is 0. The summed E-state index contributed by atoms with van der Waals surface area (Å²) in [6.45, 7) is 0. The lowest BCUT2D eigenvalue weighted by atomic mass is 9.56. The maximum Gasteiger partial charge on any atom is 0.0483 e. The lowest BCUT2D eigenvalue weighted by molar-refractivity contribution is 0.178. The molecule has 4 aromatic rings. The lowest BCUT2D eigenvalue weighted by Crippen LogP contribution is -2.46. The molecule has 2 atom stereocenters. The van der Waals surface area contributed by atoms with Crippen LogP contribution in [0, 0.1) is 0 Å². The SMILES string of the molecule is Cn1c2c(c3ccccc31)C13CCCCC1(C2)c1c(n(C)c2ccccc12)C3. The van der Waals surface area contributed by atoms with Crippen molar-refractivity contribution in [1.29, 1.82) is 0 Å². The highest BCUT2D eigenvalue weighted by Crippen LogP contribution is 2.68. The molecule has 2 heterocycles. The summed E-state index contributed by atoms with van der Waals surface area (Å²) in [5, 5.41) is 3.03. The molecule has 3 aliphatic carbocycles. The number of para-hydroxylation sites is 2. The van der Waals surface area contributed by atoms with Crippen molar-refractivity contribution in [3.05, 3.63) is 71.0 Å². The molecule has 1 saturated carbocycles. The molecular formula is C26H26N2. The zero-order valence-corrected chi connectivity index (χ0v) is 16.8. The van der Waals surface area contributed by atoms with E-state index in [2.05, 4.69) is 71.8 Å². The first-order valence-corrected chi connectivity index (χ1v) is 10.8. The van der Waals surface area contributed by atoms with Crippen LogP contribution in [-0.2, 0) is 37.8 Å². The summed E-state index contributed by atoms with van der Waals surface area (Å²) in [6.07, 6.45) is 7.86. The Labute approximate surface area is 165 Å². The Hall–Kier alpha value is -2.48. The van der Waals surface area contributed by atoms with Gasteiger partial charge in [0.15, 0.2) is 0 Å². The fourth-order valence-electron chi connectivity index (χ4n) is 7.70. The first-order chi connectivity index (χ1) is 13.7. The van der Waals surface area contributed by atoms with E-state index < -0.39 is 0 Å². The summed E-state index contributed by atoms with van der Waals surface area (Å²) in [4.78, 5) is 0. The molecule has 140 valence electrons. The molecule has 0 spiro atoms. The van der Waals surface area contributed by atoms with Crippen LogP contribution in [0.25, 0.3) is 21.8 Å². The highest BCUT2D eigenvalue weighted by atomic mass is 15.0. The van der Waals surface area contributed by atoms with Gasteiger partial charge in [-0.15, -0.1) is 0 Å². The normalized spacial score (nSPS) is 27.8. The second kappa shape index (κ2) is 4.74. The highest BCUT2D eigenvalue weighted by Gasteiger charge is 2.65. The maximum absolute atomic E-state index is 2.52. The van der Waals surface area contributed by atoms with E-state index in [-0.39, 0.29) is 0 Å². The van der Waals surface area contributed by atoms with Gasteiger partial charge in [0, 0.05) is 58.1 Å². The number of aryl methyl sites for hydroxylation is 2. The predicted molar refractivity (Wildman–Crippen MR) is 115 cm³/mol. The van der Waals surface area contributed by atoms with Crippen LogP contribution in [0.15, 0.2) is 48.5 Å². The standard InChI is InChI=1S/C26H26N2/c1-27-19-11-5-3-9-17(19)23-21(27)15-25-13-7-8-14-26(23,25)16-22-24(25)18-10-4-6-12-20(18)28(22)2/h3-6,9-12H,7-8,13-16H2,1-2H3. The minimum atomic E-state index is 0.300. The number of hydrogen-bond donors (Lipinski definition) is 0. The largest absolute Gasteiger partial charge is 0.347 e. The number of aromatic nitrogens is 2. The first kappa shape index (κ1) is 15.4. The second-order valence-corrected chi connectivity index (χ2v) is 9.52. The molecule has 0 radical (unpaired) electrons. The molecule has 2 aromatic carbocycles. The van der Waals surface area contributed by atoms with E-state index in [1.165, 1.54) is 60.3 Å². The van der Waals surface area contributed by atoms with E-state index in [0.29, 0.717) is 10.8 Å². The Kier molecular flexibility index (Phi) is 2.61. The summed E-state index contributed by atoms with van der Waals surface area (Å²) < 4.78 is 5.03. The monoisotopic (exact) mass is 366 g/mol. The molecule has 0 amide bonds. The minimum Gasteiger partial charge on any atom is -0.347 e. The van der Waals surface area contributed by atoms with Crippen molar-refractivity contribution in [1.82, 2.24) is 9.13 Å². The third-order valence-electron chi connectivity index (χ3n) is 8.73. The van der Waals surface area contributed by atoms with Crippen LogP contribution in [0.3, 0.4) is 0 Å². The number of nitrogens with zero attached hydrogens (tertiary/aromatic N) is 2. The van der Waals surface area contributed by atoms with Gasteiger partial charge in [0.05, 0.1) is 0 Å². The third kappa shape index (κ3) is 1.42. The van der Waals surface area contributed by atoms with Gasteiger partial charge in [-0.25, -0.2) is 0 Å². The molecule has 0 aliphatic heterocycles. The van der Waals surface area contributed by atoms with Crippen LogP contribution in [0.1, 0.15) is 48.2 Å². The van der Waals surface area contributed by atoms with E-state index >= 15 is 0 Å². The number of fused-ring (bicyclic) bond motifs is 6. The molecule has 7 rings (SSSR count). The smallest absolute Gasteiger partial charge is 0.0483 e. The average Bonchev–Trinajstić information content (AvgIpc) is 3.37. The van der Waals surface area contributed by atoms with Crippen LogP contribution in [0.4, 0.5) is 0 Å². The molecule has 1 fully saturated rings. The van der Waals surface area contributed by atoms with E-state index in [9.17, 15) is 0 Å². The Bertz CT molecular complexity index is 1200. The molecule has 2 aromatic heterocycles. The molecule has 28 heavy (non-hydrogen) atoms. The van der Waals surface area contributed by atoms with Crippen molar-refractivity contribution in [2.75, 3.05) is 0 Å². The van der Waals surface area contributed by atoms with Crippen LogP contribution in [-0.4, -0.2) is 9.13 Å². The topological polar surface area (TPSA) is 9.86 Å². The number of rotatable bonds is 0. The van der Waals surface area contributed by atoms with Gasteiger partial charge in [0.2, 0.25) is 0 Å². The van der Waals surface area contributed by atoms with Crippen molar-refractivity contribution in [2.45, 2.75) is 49.4 Å². The average molecular weight is 367 g/mol. The summed E-state index contributed by atoms with van der Waals surface area (Å²) in [7, 11) is 4.59. The second-order valence-electron chi connectivity index (χ2n) is 9.52. The molecular weight excluding hydrogens is 340 g/mol. The van der Waals surface area contributed by atoms with Gasteiger partial charge in [0.25, 0.3) is 0 Å². The highest BCUT2D eigenvalue weighted by molar-refractivity contribution is 5.93. The van der Waals surface area contributed by atoms with E-state index in [1.807, 2.05) is 0 Å². The Morgan fingerprint density at radius 3 is 1.54 bits per heavy atom. The van der Waals surface area contributed by atoms with Gasteiger partial charge in [-0.2, -0.15) is 0 Å². The third-order valence-corrected chi connectivity index (χ3v) is 8.73. The molecule has 2 nitrogen and oxygen atoms in total. The van der Waals surface area contributed by atoms with E-state index in [1.54, 1.807) is 22.5 Å². The van der Waals surface area contributed by atoms with Crippen molar-refractivity contribution in [2.24, 2.45) is 14.1 Å². The fourth-order valence-corrected chi connectivity index (χ4v) is 7.70. The fraction of sp³-hybridized carbons (Fsp3) is 0.385. The maximum atomic E-state index is 2.52. The van der Waals surface area contributed by atoms with Gasteiger partial charge in [-0.05, 0) is 48.9 Å². The van der Waals surface area contributed by atoms with Gasteiger partial charge < -0.3 is 9.13 Å². The van der Waals surface area contributed by atoms with Crippen molar-refractivity contribution in [3.63, 3.8) is 0 Å². The molecule has 3 aliphatic rings. The van der Waals surface area contributed by atoms with Crippen molar-refractivity contribution < 1.29 is 0 Å². The molecule has 2 heteroatoms. The first-order valence-electron chi connectivity index (χ1n) is 10.8. The molecule has 0 bridgehead atoms. The summed E-state index contributed by atoms with van der Waals surface area (Å²) in [5.41, 5.74) is 10.1. The van der Waals surface area contributed by atoms with Gasteiger partial charge in [0.1, 0.15) is 0 Å². The van der Waals surface area contributed by atoms with Gasteiger partial charge in [-0.3, -0.25) is 0 Å². The summed E-state index contributed by atoms with van der Waals surface area (Å²) in [5.74, 6) is 0. The molecule has 2 unspecified atom stereocenters. The summed E-state index contributed by atoms with van der Waals surface area (Å²) in [6, 6.07) is 18.3. The zero-order valence-electron chi connectivity index (χ0n) is 16.8. The molecule has 0 saturated heterocycles. The predicted octanol–water partition coefficient (Wildman–Crippen LogP) is 5.53. The number of benzene rings is 2. The van der Waals surface area contributed by atoms with Crippen LogP contribution < -0.4 is 0 Å². The molecule has 0 N–H and O–H groups in total. The van der Waals surface area contributed by atoms with Crippen molar-refractivity contribution >= 4 is 21.8 Å². The van der Waals surface area contributed by atoms with Gasteiger partial charge >= 0.3 is 0 Å². The Morgan fingerprint density at radius 2 is 1.07 bits per heavy atom.